The largest absolute Gasteiger partial charge is 0.507 e. The lowest BCUT2D eigenvalue weighted by molar-refractivity contribution is 0.101. The second-order valence-electron chi connectivity index (χ2n) is 7.62. The fourth-order valence-electron chi connectivity index (χ4n) is 3.53. The summed E-state index contributed by atoms with van der Waals surface area (Å²) < 4.78 is 6.01. The second-order valence-corrected chi connectivity index (χ2v) is 7.62. The van der Waals surface area contributed by atoms with Crippen LogP contribution in [0.4, 0.5) is 0 Å². The molecule has 3 rings (SSSR count). The minimum Gasteiger partial charge on any atom is -0.507 e. The number of allylic oxidation sites excluding steroid dienone is 1. The number of benzene rings is 2. The number of aromatic hydroxyl groups is 1. The maximum atomic E-state index is 13.0. The molecule has 148 valence electrons. The number of ketones is 1. The van der Waals surface area contributed by atoms with Crippen LogP contribution in [0.15, 0.2) is 36.1 Å². The molecular formula is C24H29NO3. The molecule has 2 aromatic rings. The van der Waals surface area contributed by atoms with Gasteiger partial charge in [-0.05, 0) is 54.8 Å². The number of hydrogen-bond donors (Lipinski definition) is 1. The van der Waals surface area contributed by atoms with E-state index in [4.69, 9.17) is 4.74 Å². The number of rotatable bonds is 6. The van der Waals surface area contributed by atoms with Gasteiger partial charge in [0, 0.05) is 6.54 Å². The van der Waals surface area contributed by atoms with Crippen molar-refractivity contribution in [3.8, 4) is 11.5 Å². The van der Waals surface area contributed by atoms with Crippen molar-refractivity contribution in [3.63, 3.8) is 0 Å². The molecule has 0 saturated carbocycles. The molecule has 1 aliphatic rings. The molecule has 1 N–H and O–H groups in total. The molecule has 0 spiro atoms. The Balaban J connectivity index is 1.98. The molecule has 1 aliphatic heterocycles. The van der Waals surface area contributed by atoms with Gasteiger partial charge in [-0.25, -0.2) is 0 Å². The summed E-state index contributed by atoms with van der Waals surface area (Å²) in [6, 6.07) is 9.82. The SMILES string of the molecule is CCN(CC)Cc1c(O)cc(C)c2c1O/C(=C\c1ccc(C(C)C)cc1)C2=O. The van der Waals surface area contributed by atoms with Gasteiger partial charge in [0.2, 0.25) is 5.78 Å². The van der Waals surface area contributed by atoms with Crippen LogP contribution in [0.25, 0.3) is 6.08 Å². The Morgan fingerprint density at radius 2 is 1.79 bits per heavy atom. The van der Waals surface area contributed by atoms with Crippen molar-refractivity contribution >= 4 is 11.9 Å². The first-order valence-electron chi connectivity index (χ1n) is 9.97. The van der Waals surface area contributed by atoms with Crippen molar-refractivity contribution in [3.05, 3.63) is 63.9 Å². The fraction of sp³-hybridized carbons (Fsp3) is 0.375. The van der Waals surface area contributed by atoms with Gasteiger partial charge in [-0.2, -0.15) is 0 Å². The van der Waals surface area contributed by atoms with Crippen molar-refractivity contribution in [1.29, 1.82) is 0 Å². The van der Waals surface area contributed by atoms with E-state index >= 15 is 0 Å². The van der Waals surface area contributed by atoms with Gasteiger partial charge in [-0.15, -0.1) is 0 Å². The molecule has 4 heteroatoms. The maximum Gasteiger partial charge on any atom is 0.232 e. The molecule has 4 nitrogen and oxygen atoms in total. The molecule has 0 saturated heterocycles. The highest BCUT2D eigenvalue weighted by Gasteiger charge is 2.33. The monoisotopic (exact) mass is 379 g/mol. The second kappa shape index (κ2) is 8.19. The quantitative estimate of drug-likeness (QED) is 0.694. The van der Waals surface area contributed by atoms with E-state index in [1.807, 2.05) is 19.1 Å². The molecule has 2 aromatic carbocycles. The van der Waals surface area contributed by atoms with Crippen LogP contribution in [0.2, 0.25) is 0 Å². The third-order valence-corrected chi connectivity index (χ3v) is 5.40. The minimum absolute atomic E-state index is 0.124. The standard InChI is InChI=1S/C24H29NO3/c1-6-25(7-2)14-19-20(26)12-16(5)22-23(27)21(28-24(19)22)13-17-8-10-18(11-9-17)15(3)4/h8-13,15,26H,6-7,14H2,1-5H3/b21-13-. The molecule has 28 heavy (non-hydrogen) atoms. The Labute approximate surface area is 167 Å². The summed E-state index contributed by atoms with van der Waals surface area (Å²) >= 11 is 0. The van der Waals surface area contributed by atoms with Crippen LogP contribution in [0.3, 0.4) is 0 Å². The van der Waals surface area contributed by atoms with E-state index in [0.717, 1.165) is 24.2 Å². The molecule has 0 bridgehead atoms. The van der Waals surface area contributed by atoms with Crippen molar-refractivity contribution < 1.29 is 14.6 Å². The number of ether oxygens (including phenoxy) is 1. The number of fused-ring (bicyclic) bond motifs is 1. The minimum atomic E-state index is -0.124. The van der Waals surface area contributed by atoms with Crippen LogP contribution in [0.5, 0.6) is 11.5 Å². The van der Waals surface area contributed by atoms with Crippen LogP contribution in [0, 0.1) is 6.92 Å². The van der Waals surface area contributed by atoms with Crippen LogP contribution in [0.1, 0.15) is 66.2 Å². The van der Waals surface area contributed by atoms with Gasteiger partial charge >= 0.3 is 0 Å². The molecule has 0 fully saturated rings. The van der Waals surface area contributed by atoms with Gasteiger partial charge in [0.05, 0.1) is 11.1 Å². The van der Waals surface area contributed by atoms with Gasteiger partial charge in [-0.1, -0.05) is 52.0 Å². The predicted octanol–water partition coefficient (Wildman–Crippen LogP) is 5.28. The molecule has 0 aromatic heterocycles. The van der Waals surface area contributed by atoms with Gasteiger partial charge < -0.3 is 9.84 Å². The molecule has 0 amide bonds. The van der Waals surface area contributed by atoms with Crippen LogP contribution in [-0.2, 0) is 6.54 Å². The number of phenolic OH excluding ortho intramolecular Hbond substituents is 1. The predicted molar refractivity (Wildman–Crippen MR) is 113 cm³/mol. The lowest BCUT2D eigenvalue weighted by Gasteiger charge is -2.20. The van der Waals surface area contributed by atoms with E-state index < -0.39 is 0 Å². The molecular weight excluding hydrogens is 350 g/mol. The highest BCUT2D eigenvalue weighted by molar-refractivity contribution is 6.15. The Morgan fingerprint density at radius 1 is 1.14 bits per heavy atom. The van der Waals surface area contributed by atoms with Crippen LogP contribution in [-0.4, -0.2) is 28.9 Å². The van der Waals surface area contributed by atoms with E-state index in [1.165, 1.54) is 5.56 Å². The summed E-state index contributed by atoms with van der Waals surface area (Å²) in [5.41, 5.74) is 4.15. The Bertz CT molecular complexity index is 906. The number of nitrogens with zero attached hydrogens (tertiary/aromatic N) is 1. The molecule has 0 atom stereocenters. The Kier molecular flexibility index (Phi) is 5.90. The third kappa shape index (κ3) is 3.83. The van der Waals surface area contributed by atoms with Crippen LogP contribution < -0.4 is 4.74 Å². The summed E-state index contributed by atoms with van der Waals surface area (Å²) in [5, 5.41) is 10.5. The lowest BCUT2D eigenvalue weighted by atomic mass is 9.98. The van der Waals surface area contributed by atoms with Crippen molar-refractivity contribution in [2.45, 2.75) is 47.1 Å². The fourth-order valence-corrected chi connectivity index (χ4v) is 3.53. The Hall–Kier alpha value is -2.59. The summed E-state index contributed by atoms with van der Waals surface area (Å²) in [6.07, 6.45) is 1.78. The summed E-state index contributed by atoms with van der Waals surface area (Å²) in [4.78, 5) is 15.2. The molecule has 0 radical (unpaired) electrons. The van der Waals surface area contributed by atoms with Gasteiger partial charge in [0.1, 0.15) is 11.5 Å². The molecule has 0 unspecified atom stereocenters. The van der Waals surface area contributed by atoms with E-state index in [1.54, 1.807) is 12.1 Å². The lowest BCUT2D eigenvalue weighted by Crippen LogP contribution is -2.22. The van der Waals surface area contributed by atoms with Crippen molar-refractivity contribution in [2.75, 3.05) is 13.1 Å². The highest BCUT2D eigenvalue weighted by atomic mass is 16.5. The zero-order valence-corrected chi connectivity index (χ0v) is 17.4. The molecule has 0 aliphatic carbocycles. The Morgan fingerprint density at radius 3 is 2.36 bits per heavy atom. The number of carbonyl (C=O) groups is 1. The number of phenols is 1. The van der Waals surface area contributed by atoms with Gasteiger partial charge in [0.15, 0.2) is 5.76 Å². The smallest absolute Gasteiger partial charge is 0.232 e. The average Bonchev–Trinajstić information content (AvgIpc) is 2.99. The number of aryl methyl sites for hydroxylation is 1. The summed E-state index contributed by atoms with van der Waals surface area (Å²) in [7, 11) is 0. The van der Waals surface area contributed by atoms with Gasteiger partial charge in [-0.3, -0.25) is 9.69 Å². The summed E-state index contributed by atoms with van der Waals surface area (Å²) in [6.45, 7) is 12.6. The van der Waals surface area contributed by atoms with E-state index in [2.05, 4.69) is 44.7 Å². The van der Waals surface area contributed by atoms with Crippen LogP contribution >= 0.6 is 0 Å². The van der Waals surface area contributed by atoms with Crippen molar-refractivity contribution in [1.82, 2.24) is 4.90 Å². The zero-order chi connectivity index (χ0) is 20.4. The van der Waals surface area contributed by atoms with E-state index in [-0.39, 0.29) is 11.5 Å². The topological polar surface area (TPSA) is 49.8 Å². The summed E-state index contributed by atoms with van der Waals surface area (Å²) in [5.74, 6) is 1.32. The number of hydrogen-bond acceptors (Lipinski definition) is 4. The van der Waals surface area contributed by atoms with E-state index in [9.17, 15) is 9.90 Å². The van der Waals surface area contributed by atoms with Crippen molar-refractivity contribution in [2.24, 2.45) is 0 Å². The average molecular weight is 380 g/mol. The van der Waals surface area contributed by atoms with E-state index in [0.29, 0.717) is 35.1 Å². The first-order chi connectivity index (χ1) is 13.3. The first-order valence-corrected chi connectivity index (χ1v) is 9.97. The number of carbonyl (C=O) groups excluding carboxylic acids is 1. The van der Waals surface area contributed by atoms with Gasteiger partial charge in [0.25, 0.3) is 0 Å². The third-order valence-electron chi connectivity index (χ3n) is 5.40. The first kappa shape index (κ1) is 20.2. The normalized spacial score (nSPS) is 14.8. The molecule has 1 heterocycles. The zero-order valence-electron chi connectivity index (χ0n) is 17.4. The number of Topliss-reactive ketones (excluding diaryl/α,β-unsaturated/α-hetero) is 1. The maximum absolute atomic E-state index is 13.0. The highest BCUT2D eigenvalue weighted by Crippen LogP contribution is 2.42.